The van der Waals surface area contributed by atoms with E-state index in [1.807, 2.05) is 68.4 Å². The number of nitrogens with zero attached hydrogens (tertiary/aromatic N) is 2. The van der Waals surface area contributed by atoms with E-state index in [9.17, 15) is 14.9 Å². The van der Waals surface area contributed by atoms with Crippen molar-refractivity contribution < 1.29 is 9.53 Å². The molecule has 1 amide bonds. The summed E-state index contributed by atoms with van der Waals surface area (Å²) >= 11 is 1.11. The van der Waals surface area contributed by atoms with Crippen molar-refractivity contribution in [2.24, 2.45) is 0 Å². The maximum atomic E-state index is 13.5. The number of hydrogen-bond donors (Lipinski definition) is 1. The fraction of sp³-hybridized carbons (Fsp3) is 0.107. The molecule has 174 valence electrons. The molecule has 4 rings (SSSR count). The highest BCUT2D eigenvalue weighted by molar-refractivity contribution is 7.07. The molecule has 7 heteroatoms. The number of para-hydroxylation sites is 1. The van der Waals surface area contributed by atoms with Crippen LogP contribution in [-0.2, 0) is 4.79 Å². The number of ether oxygens (including phenoxy) is 1. The minimum Gasteiger partial charge on any atom is -0.494 e. The highest BCUT2D eigenvalue weighted by Gasteiger charge is 2.17. The monoisotopic (exact) mass is 481 g/mol. The van der Waals surface area contributed by atoms with E-state index < -0.39 is 5.91 Å². The van der Waals surface area contributed by atoms with Crippen molar-refractivity contribution in [3.05, 3.63) is 110 Å². The van der Waals surface area contributed by atoms with E-state index in [2.05, 4.69) is 5.32 Å². The van der Waals surface area contributed by atoms with Crippen LogP contribution in [-0.4, -0.2) is 17.1 Å². The number of nitriles is 1. The zero-order valence-corrected chi connectivity index (χ0v) is 20.1. The second-order valence-electron chi connectivity index (χ2n) is 7.70. The van der Waals surface area contributed by atoms with E-state index >= 15 is 0 Å². The summed E-state index contributed by atoms with van der Waals surface area (Å²) in [5.41, 5.74) is 2.50. The number of benzene rings is 3. The first-order chi connectivity index (χ1) is 17.0. The Morgan fingerprint density at radius 2 is 1.83 bits per heavy atom. The van der Waals surface area contributed by atoms with Gasteiger partial charge in [0.15, 0.2) is 5.57 Å². The van der Waals surface area contributed by atoms with Crippen LogP contribution in [0.5, 0.6) is 5.75 Å². The number of carbonyl (C=O) groups excluding carboxylic acids is 1. The number of aromatic nitrogens is 1. The predicted molar refractivity (Wildman–Crippen MR) is 139 cm³/mol. The molecule has 0 saturated carbocycles. The molecule has 0 radical (unpaired) electrons. The number of amides is 1. The molecular formula is C28H23N3O3S. The zero-order valence-electron chi connectivity index (χ0n) is 19.3. The van der Waals surface area contributed by atoms with Gasteiger partial charge >= 0.3 is 0 Å². The smallest absolute Gasteiger partial charge is 0.273 e. The van der Waals surface area contributed by atoms with E-state index in [4.69, 9.17) is 4.74 Å². The molecule has 0 aliphatic carbocycles. The van der Waals surface area contributed by atoms with Crippen molar-refractivity contribution >= 4 is 34.6 Å². The third-order valence-electron chi connectivity index (χ3n) is 5.16. The molecule has 0 aliphatic rings. The lowest BCUT2D eigenvalue weighted by Gasteiger charge is -2.06. The van der Waals surface area contributed by atoms with Crippen LogP contribution in [0, 0.1) is 18.3 Å². The van der Waals surface area contributed by atoms with Crippen LogP contribution in [0.15, 0.2) is 83.7 Å². The molecule has 0 spiro atoms. The summed E-state index contributed by atoms with van der Waals surface area (Å²) in [5, 5.41) is 12.7. The summed E-state index contributed by atoms with van der Waals surface area (Å²) in [6, 6.07) is 25.7. The van der Waals surface area contributed by atoms with Crippen molar-refractivity contribution in [3.8, 4) is 17.5 Å². The number of aryl methyl sites for hydroxylation is 1. The zero-order chi connectivity index (χ0) is 24.8. The Bertz CT molecular complexity index is 1580. The molecule has 1 heterocycles. The van der Waals surface area contributed by atoms with Crippen molar-refractivity contribution in [1.29, 1.82) is 5.26 Å². The Morgan fingerprint density at radius 1 is 1.09 bits per heavy atom. The number of rotatable bonds is 6. The van der Waals surface area contributed by atoms with Gasteiger partial charge in [-0.3, -0.25) is 14.2 Å². The molecule has 0 bridgehead atoms. The summed E-state index contributed by atoms with van der Waals surface area (Å²) in [6.45, 7) is 4.40. The number of nitrogens with one attached hydrogen (secondary N) is 1. The molecule has 1 N–H and O–H groups in total. The molecule has 3 aromatic carbocycles. The summed E-state index contributed by atoms with van der Waals surface area (Å²) < 4.78 is 7.58. The summed E-state index contributed by atoms with van der Waals surface area (Å²) in [7, 11) is 0. The average Bonchev–Trinajstić information content (AvgIpc) is 3.17. The van der Waals surface area contributed by atoms with Crippen LogP contribution in [0.4, 0.5) is 5.69 Å². The molecule has 0 unspecified atom stereocenters. The first-order valence-electron chi connectivity index (χ1n) is 11.0. The molecule has 6 nitrogen and oxygen atoms in total. The molecule has 0 atom stereocenters. The molecule has 0 fully saturated rings. The van der Waals surface area contributed by atoms with Gasteiger partial charge in [0, 0.05) is 5.69 Å². The lowest BCUT2D eigenvalue weighted by molar-refractivity contribution is -0.111. The maximum absolute atomic E-state index is 13.5. The highest BCUT2D eigenvalue weighted by atomic mass is 32.1. The number of anilines is 1. The minimum atomic E-state index is -0.573. The largest absolute Gasteiger partial charge is 0.494 e. The molecule has 35 heavy (non-hydrogen) atoms. The SMILES string of the molecule is CCOc1ccc(/C=c2/s/c(=C(\C#N)C(=O)Nc3cccc(C)c3)n(-c3ccccc3)c2=O)cc1. The van der Waals surface area contributed by atoms with E-state index in [0.717, 1.165) is 28.2 Å². The Morgan fingerprint density at radius 3 is 2.49 bits per heavy atom. The van der Waals surface area contributed by atoms with Crippen LogP contribution >= 0.6 is 11.3 Å². The normalized spacial score (nSPS) is 12.1. The van der Waals surface area contributed by atoms with Crippen LogP contribution in [0.2, 0.25) is 0 Å². The summed E-state index contributed by atoms with van der Waals surface area (Å²) in [4.78, 5) is 26.6. The van der Waals surface area contributed by atoms with Gasteiger partial charge in [-0.2, -0.15) is 5.26 Å². The second-order valence-corrected chi connectivity index (χ2v) is 8.74. The van der Waals surface area contributed by atoms with Gasteiger partial charge in [-0.15, -0.1) is 11.3 Å². The number of thiazole rings is 1. The topological polar surface area (TPSA) is 84.1 Å². The number of hydrogen-bond acceptors (Lipinski definition) is 5. The second kappa shape index (κ2) is 10.7. The van der Waals surface area contributed by atoms with Crippen LogP contribution in [0.3, 0.4) is 0 Å². The molecule has 1 aromatic heterocycles. The third kappa shape index (κ3) is 5.40. The Balaban J connectivity index is 1.89. The fourth-order valence-electron chi connectivity index (χ4n) is 3.55. The van der Waals surface area contributed by atoms with E-state index in [1.54, 1.807) is 36.4 Å². The average molecular weight is 482 g/mol. The summed E-state index contributed by atoms with van der Waals surface area (Å²) in [5.74, 6) is 0.169. The van der Waals surface area contributed by atoms with Crippen molar-refractivity contribution in [1.82, 2.24) is 4.57 Å². The van der Waals surface area contributed by atoms with Gasteiger partial charge in [0.1, 0.15) is 16.5 Å². The van der Waals surface area contributed by atoms with Gasteiger partial charge in [0.05, 0.1) is 16.8 Å². The maximum Gasteiger partial charge on any atom is 0.273 e. The third-order valence-corrected chi connectivity index (χ3v) is 6.25. The van der Waals surface area contributed by atoms with Crippen molar-refractivity contribution in [3.63, 3.8) is 0 Å². The van der Waals surface area contributed by atoms with Crippen LogP contribution < -0.4 is 24.8 Å². The molecule has 0 aliphatic heterocycles. The van der Waals surface area contributed by atoms with E-state index in [0.29, 0.717) is 22.5 Å². The van der Waals surface area contributed by atoms with E-state index in [-0.39, 0.29) is 15.8 Å². The van der Waals surface area contributed by atoms with Gasteiger partial charge in [-0.1, -0.05) is 42.5 Å². The predicted octanol–water partition coefficient (Wildman–Crippen LogP) is 3.75. The minimum absolute atomic E-state index is 0.135. The van der Waals surface area contributed by atoms with Gasteiger partial charge in [-0.05, 0) is 67.4 Å². The highest BCUT2D eigenvalue weighted by Crippen LogP contribution is 2.13. The Kier molecular flexibility index (Phi) is 7.24. The molecule has 4 aromatic rings. The van der Waals surface area contributed by atoms with Gasteiger partial charge < -0.3 is 10.1 Å². The lowest BCUT2D eigenvalue weighted by Crippen LogP contribution is -2.32. The lowest BCUT2D eigenvalue weighted by atomic mass is 10.2. The fourth-order valence-corrected chi connectivity index (χ4v) is 4.65. The van der Waals surface area contributed by atoms with Crippen molar-refractivity contribution in [2.45, 2.75) is 13.8 Å². The number of carbonyl (C=O) groups is 1. The Hall–Kier alpha value is -4.41. The standard InChI is InChI=1S/C28H23N3O3S/c1-3-34-23-14-12-20(13-15-23)17-25-27(33)31(22-10-5-4-6-11-22)28(35-25)24(18-29)26(32)30-21-9-7-8-19(2)16-21/h4-17H,3H2,1-2H3,(H,30,32)/b25-17+,28-24+. The van der Waals surface area contributed by atoms with Crippen LogP contribution in [0.25, 0.3) is 17.3 Å². The van der Waals surface area contributed by atoms with Crippen molar-refractivity contribution in [2.75, 3.05) is 11.9 Å². The molecule has 0 saturated heterocycles. The van der Waals surface area contributed by atoms with Crippen LogP contribution in [0.1, 0.15) is 18.1 Å². The summed E-state index contributed by atoms with van der Waals surface area (Å²) in [6.07, 6.45) is 1.75. The quantitative estimate of drug-likeness (QED) is 0.455. The van der Waals surface area contributed by atoms with Gasteiger partial charge in [0.2, 0.25) is 0 Å². The van der Waals surface area contributed by atoms with E-state index in [1.165, 1.54) is 4.57 Å². The van der Waals surface area contributed by atoms with Gasteiger partial charge in [0.25, 0.3) is 11.5 Å². The first kappa shape index (κ1) is 23.7. The molecular weight excluding hydrogens is 458 g/mol. The Labute approximate surface area is 206 Å². The van der Waals surface area contributed by atoms with Gasteiger partial charge in [-0.25, -0.2) is 0 Å². The first-order valence-corrected chi connectivity index (χ1v) is 11.9.